The number of piperidine rings is 2. The second-order valence-corrected chi connectivity index (χ2v) is 6.28. The van der Waals surface area contributed by atoms with Gasteiger partial charge in [0.25, 0.3) is 0 Å². The number of hydrogen-bond donors (Lipinski definition) is 1. The van der Waals surface area contributed by atoms with E-state index in [1.807, 2.05) is 4.90 Å². The van der Waals surface area contributed by atoms with E-state index in [1.54, 1.807) is 0 Å². The van der Waals surface area contributed by atoms with Crippen LogP contribution in [0.3, 0.4) is 0 Å². The summed E-state index contributed by atoms with van der Waals surface area (Å²) in [6.07, 6.45) is 5.95. The molecule has 0 aromatic carbocycles. The Morgan fingerprint density at radius 3 is 2.38 bits per heavy atom. The number of nitrogens with one attached hydrogen (secondary N) is 1. The van der Waals surface area contributed by atoms with Gasteiger partial charge in [-0.25, -0.2) is 4.99 Å². The van der Waals surface area contributed by atoms with Gasteiger partial charge in [0.15, 0.2) is 5.96 Å². The lowest BCUT2D eigenvalue weighted by atomic mass is 10.00. The largest absolute Gasteiger partial charge is 0.357 e. The maximum absolute atomic E-state index is 12.2. The van der Waals surface area contributed by atoms with Gasteiger partial charge in [-0.05, 0) is 44.9 Å². The zero-order valence-electron chi connectivity index (χ0n) is 13.6. The van der Waals surface area contributed by atoms with Crippen molar-refractivity contribution in [3.05, 3.63) is 0 Å². The molecular formula is C16H30N4O. The second kappa shape index (κ2) is 8.25. The van der Waals surface area contributed by atoms with Crippen molar-refractivity contribution in [2.24, 2.45) is 10.9 Å². The average Bonchev–Trinajstić information content (AvgIpc) is 2.53. The minimum atomic E-state index is 0.176. The van der Waals surface area contributed by atoms with Crippen molar-refractivity contribution in [1.29, 1.82) is 0 Å². The van der Waals surface area contributed by atoms with Gasteiger partial charge in [-0.3, -0.25) is 4.79 Å². The zero-order chi connectivity index (χ0) is 15.1. The molecule has 0 aliphatic carbocycles. The van der Waals surface area contributed by atoms with Crippen LogP contribution in [0.4, 0.5) is 0 Å². The molecule has 0 saturated carbocycles. The maximum atomic E-state index is 12.2. The van der Waals surface area contributed by atoms with Crippen molar-refractivity contribution in [2.45, 2.75) is 46.0 Å². The SMILES string of the molecule is CCNC(=NCC(=O)N1CCCCC1)N1CCC(C)CC1. The highest BCUT2D eigenvalue weighted by Crippen LogP contribution is 2.16. The number of nitrogens with zero attached hydrogens (tertiary/aromatic N) is 3. The van der Waals surface area contributed by atoms with Crippen molar-refractivity contribution in [3.63, 3.8) is 0 Å². The zero-order valence-corrected chi connectivity index (χ0v) is 13.6. The molecule has 2 aliphatic heterocycles. The molecule has 1 amide bonds. The first-order valence-corrected chi connectivity index (χ1v) is 8.51. The molecule has 0 atom stereocenters. The summed E-state index contributed by atoms with van der Waals surface area (Å²) < 4.78 is 0. The van der Waals surface area contributed by atoms with Gasteiger partial charge in [-0.2, -0.15) is 0 Å². The number of carbonyl (C=O) groups excluding carboxylic acids is 1. The van der Waals surface area contributed by atoms with Gasteiger partial charge in [-0.1, -0.05) is 6.92 Å². The Hall–Kier alpha value is -1.26. The van der Waals surface area contributed by atoms with E-state index in [0.717, 1.165) is 57.4 Å². The fourth-order valence-electron chi connectivity index (χ4n) is 3.03. The van der Waals surface area contributed by atoms with Crippen LogP contribution in [0.5, 0.6) is 0 Å². The first kappa shape index (κ1) is 16.1. The van der Waals surface area contributed by atoms with Gasteiger partial charge >= 0.3 is 0 Å². The number of likely N-dealkylation sites (tertiary alicyclic amines) is 2. The maximum Gasteiger partial charge on any atom is 0.244 e. The Kier molecular flexibility index (Phi) is 6.33. The molecule has 2 saturated heterocycles. The highest BCUT2D eigenvalue weighted by molar-refractivity contribution is 5.85. The molecular weight excluding hydrogens is 264 g/mol. The van der Waals surface area contributed by atoms with E-state index in [1.165, 1.54) is 19.3 Å². The molecule has 5 heteroatoms. The van der Waals surface area contributed by atoms with E-state index in [9.17, 15) is 4.79 Å². The van der Waals surface area contributed by atoms with Gasteiger partial charge in [0.05, 0.1) is 0 Å². The number of carbonyl (C=O) groups is 1. The van der Waals surface area contributed by atoms with Crippen molar-refractivity contribution >= 4 is 11.9 Å². The predicted octanol–water partition coefficient (Wildman–Crippen LogP) is 1.70. The molecule has 5 nitrogen and oxygen atoms in total. The van der Waals surface area contributed by atoms with E-state index >= 15 is 0 Å². The Labute approximate surface area is 128 Å². The van der Waals surface area contributed by atoms with Crippen LogP contribution < -0.4 is 5.32 Å². The van der Waals surface area contributed by atoms with Gasteiger partial charge in [0.2, 0.25) is 5.91 Å². The summed E-state index contributed by atoms with van der Waals surface area (Å²) in [7, 11) is 0. The first-order chi connectivity index (χ1) is 10.2. The normalized spacial score (nSPS) is 21.5. The van der Waals surface area contributed by atoms with E-state index in [4.69, 9.17) is 0 Å². The summed E-state index contributed by atoms with van der Waals surface area (Å²) in [6, 6.07) is 0. The van der Waals surface area contributed by atoms with Crippen LogP contribution in [-0.4, -0.2) is 60.9 Å². The molecule has 2 aliphatic rings. The minimum absolute atomic E-state index is 0.176. The molecule has 2 fully saturated rings. The summed E-state index contributed by atoms with van der Waals surface area (Å²) in [6.45, 7) is 9.43. The third kappa shape index (κ3) is 4.90. The topological polar surface area (TPSA) is 47.9 Å². The van der Waals surface area contributed by atoms with Crippen molar-refractivity contribution in [3.8, 4) is 0 Å². The molecule has 0 aromatic heterocycles. The van der Waals surface area contributed by atoms with E-state index in [2.05, 4.69) is 29.1 Å². The lowest BCUT2D eigenvalue weighted by Gasteiger charge is -2.33. The van der Waals surface area contributed by atoms with Crippen molar-refractivity contribution < 1.29 is 4.79 Å². The molecule has 0 bridgehead atoms. The standard InChI is InChI=1S/C16H30N4O/c1-3-17-16(20-11-7-14(2)8-12-20)18-13-15(21)19-9-5-4-6-10-19/h14H,3-13H2,1-2H3,(H,17,18). The van der Waals surface area contributed by atoms with Crippen LogP contribution >= 0.6 is 0 Å². The van der Waals surface area contributed by atoms with Crippen LogP contribution in [0.2, 0.25) is 0 Å². The first-order valence-electron chi connectivity index (χ1n) is 8.51. The predicted molar refractivity (Wildman–Crippen MR) is 86.4 cm³/mol. The molecule has 0 unspecified atom stereocenters. The molecule has 2 heterocycles. The average molecular weight is 294 g/mol. The lowest BCUT2D eigenvalue weighted by molar-refractivity contribution is -0.130. The third-order valence-electron chi connectivity index (χ3n) is 4.49. The van der Waals surface area contributed by atoms with Gasteiger partial charge in [0, 0.05) is 32.7 Å². The van der Waals surface area contributed by atoms with Gasteiger partial charge < -0.3 is 15.1 Å². The highest BCUT2D eigenvalue weighted by atomic mass is 16.2. The Bertz CT molecular complexity index is 355. The number of amides is 1. The van der Waals surface area contributed by atoms with Gasteiger partial charge in [0.1, 0.15) is 6.54 Å². The highest BCUT2D eigenvalue weighted by Gasteiger charge is 2.20. The van der Waals surface area contributed by atoms with E-state index < -0.39 is 0 Å². The number of hydrogen-bond acceptors (Lipinski definition) is 2. The van der Waals surface area contributed by atoms with Crippen LogP contribution in [-0.2, 0) is 4.79 Å². The monoisotopic (exact) mass is 294 g/mol. The van der Waals surface area contributed by atoms with Crippen LogP contribution in [0.1, 0.15) is 46.0 Å². The summed E-state index contributed by atoms with van der Waals surface area (Å²) >= 11 is 0. The smallest absolute Gasteiger partial charge is 0.244 e. The molecule has 2 rings (SSSR count). The number of rotatable bonds is 3. The van der Waals surface area contributed by atoms with E-state index in [-0.39, 0.29) is 12.5 Å². The van der Waals surface area contributed by atoms with Crippen molar-refractivity contribution in [2.75, 3.05) is 39.3 Å². The summed E-state index contributed by atoms with van der Waals surface area (Å²) in [4.78, 5) is 21.1. The summed E-state index contributed by atoms with van der Waals surface area (Å²) in [5.41, 5.74) is 0. The molecule has 21 heavy (non-hydrogen) atoms. The van der Waals surface area contributed by atoms with E-state index in [0.29, 0.717) is 0 Å². The molecule has 0 spiro atoms. The van der Waals surface area contributed by atoms with Crippen LogP contribution in [0, 0.1) is 5.92 Å². The minimum Gasteiger partial charge on any atom is -0.357 e. The lowest BCUT2D eigenvalue weighted by Crippen LogP contribution is -2.46. The Balaban J connectivity index is 1.88. The van der Waals surface area contributed by atoms with Crippen LogP contribution in [0.25, 0.3) is 0 Å². The number of aliphatic imine (C=N–C) groups is 1. The molecule has 120 valence electrons. The van der Waals surface area contributed by atoms with Gasteiger partial charge in [-0.15, -0.1) is 0 Å². The quantitative estimate of drug-likeness (QED) is 0.636. The third-order valence-corrected chi connectivity index (χ3v) is 4.49. The van der Waals surface area contributed by atoms with Crippen molar-refractivity contribution in [1.82, 2.24) is 15.1 Å². The molecule has 0 radical (unpaired) electrons. The number of guanidine groups is 1. The fraction of sp³-hybridized carbons (Fsp3) is 0.875. The molecule has 1 N–H and O–H groups in total. The fourth-order valence-corrected chi connectivity index (χ4v) is 3.03. The summed E-state index contributed by atoms with van der Waals surface area (Å²) in [5.74, 6) is 1.89. The van der Waals surface area contributed by atoms with Crippen LogP contribution in [0.15, 0.2) is 4.99 Å². The molecule has 0 aromatic rings. The Morgan fingerprint density at radius 2 is 1.76 bits per heavy atom. The summed E-state index contributed by atoms with van der Waals surface area (Å²) in [5, 5.41) is 3.33. The second-order valence-electron chi connectivity index (χ2n) is 6.28. The Morgan fingerprint density at radius 1 is 1.10 bits per heavy atom.